The van der Waals surface area contributed by atoms with Gasteiger partial charge in [-0.1, -0.05) is 0 Å². The Bertz CT molecular complexity index is 537. The van der Waals surface area contributed by atoms with E-state index in [-0.39, 0.29) is 0 Å². The van der Waals surface area contributed by atoms with Crippen molar-refractivity contribution in [2.75, 3.05) is 20.1 Å². The second-order valence-corrected chi connectivity index (χ2v) is 7.45. The van der Waals surface area contributed by atoms with Gasteiger partial charge in [-0.15, -0.1) is 11.3 Å². The molecule has 2 bridgehead atoms. The minimum Gasteiger partial charge on any atom is -0.374 e. The van der Waals surface area contributed by atoms with Crippen LogP contribution in [0, 0.1) is 18.8 Å². The van der Waals surface area contributed by atoms with E-state index in [4.69, 9.17) is 4.74 Å². The summed E-state index contributed by atoms with van der Waals surface area (Å²) in [4.78, 5) is 8.33. The Balaban J connectivity index is 1.40. The molecule has 21 heavy (non-hydrogen) atoms. The third-order valence-corrected chi connectivity index (χ3v) is 6.36. The topological polar surface area (TPSA) is 36.9 Å². The Morgan fingerprint density at radius 2 is 2.10 bits per heavy atom. The predicted molar refractivity (Wildman–Crippen MR) is 85.7 cm³/mol. The minimum atomic E-state index is 0.516. The minimum absolute atomic E-state index is 0.516. The van der Waals surface area contributed by atoms with Crippen LogP contribution in [0.4, 0.5) is 0 Å². The first kappa shape index (κ1) is 13.6. The van der Waals surface area contributed by atoms with Crippen LogP contribution in [0.25, 0.3) is 0 Å². The van der Waals surface area contributed by atoms with E-state index in [2.05, 4.69) is 33.6 Å². The summed E-state index contributed by atoms with van der Waals surface area (Å²) >= 11 is 1.82. The van der Waals surface area contributed by atoms with E-state index < -0.39 is 0 Å². The molecule has 0 amide bonds. The molecule has 1 aromatic rings. The smallest absolute Gasteiger partial charge is 0.193 e. The monoisotopic (exact) mass is 305 g/mol. The van der Waals surface area contributed by atoms with Gasteiger partial charge in [0.1, 0.15) is 0 Å². The molecule has 3 fully saturated rings. The number of aryl methyl sites for hydroxylation is 1. The van der Waals surface area contributed by atoms with E-state index in [1.807, 2.05) is 18.4 Å². The first-order valence-electron chi connectivity index (χ1n) is 7.90. The lowest BCUT2D eigenvalue weighted by Gasteiger charge is -2.23. The van der Waals surface area contributed by atoms with Crippen molar-refractivity contribution in [3.8, 4) is 0 Å². The lowest BCUT2D eigenvalue weighted by Crippen LogP contribution is -2.40. The Morgan fingerprint density at radius 3 is 2.67 bits per heavy atom. The summed E-state index contributed by atoms with van der Waals surface area (Å²) in [5.41, 5.74) is 1.37. The van der Waals surface area contributed by atoms with Gasteiger partial charge in [0.15, 0.2) is 5.96 Å². The van der Waals surface area contributed by atoms with Crippen LogP contribution in [0.1, 0.15) is 23.3 Å². The number of thiophene rings is 1. The SMILES string of the molecule is CN=C(NCc1sccc1C)N1CC2C3CCC(O3)C2C1. The molecule has 0 radical (unpaired) electrons. The molecule has 4 unspecified atom stereocenters. The van der Waals surface area contributed by atoms with Crippen LogP contribution in [0.3, 0.4) is 0 Å². The lowest BCUT2D eigenvalue weighted by atomic mass is 9.82. The normalized spacial score (nSPS) is 34.6. The summed E-state index contributed by atoms with van der Waals surface area (Å²) in [6.07, 6.45) is 3.56. The number of fused-ring (bicyclic) bond motifs is 5. The molecule has 0 spiro atoms. The van der Waals surface area contributed by atoms with Crippen LogP contribution >= 0.6 is 11.3 Å². The van der Waals surface area contributed by atoms with E-state index in [0.717, 1.165) is 37.4 Å². The molecule has 114 valence electrons. The van der Waals surface area contributed by atoms with Gasteiger partial charge in [0.2, 0.25) is 0 Å². The number of ether oxygens (including phenoxy) is 1. The van der Waals surface area contributed by atoms with Gasteiger partial charge in [-0.05, 0) is 36.8 Å². The van der Waals surface area contributed by atoms with Crippen LogP contribution in [0.2, 0.25) is 0 Å². The van der Waals surface area contributed by atoms with Gasteiger partial charge in [-0.25, -0.2) is 0 Å². The molecule has 5 heteroatoms. The van der Waals surface area contributed by atoms with Crippen LogP contribution in [0.5, 0.6) is 0 Å². The summed E-state index contributed by atoms with van der Waals surface area (Å²) in [6.45, 7) is 5.26. The highest BCUT2D eigenvalue weighted by Crippen LogP contribution is 2.47. The Hall–Kier alpha value is -1.07. The number of hydrogen-bond acceptors (Lipinski definition) is 3. The lowest BCUT2D eigenvalue weighted by molar-refractivity contribution is 0.0767. The van der Waals surface area contributed by atoms with Crippen LogP contribution < -0.4 is 5.32 Å². The van der Waals surface area contributed by atoms with Gasteiger partial charge in [-0.2, -0.15) is 0 Å². The fourth-order valence-corrected chi connectivity index (χ4v) is 5.06. The summed E-state index contributed by atoms with van der Waals surface area (Å²) in [6, 6.07) is 2.18. The number of nitrogens with one attached hydrogen (secondary N) is 1. The molecule has 0 aromatic carbocycles. The van der Waals surface area contributed by atoms with Crippen molar-refractivity contribution in [1.82, 2.24) is 10.2 Å². The Labute approximate surface area is 130 Å². The zero-order valence-electron chi connectivity index (χ0n) is 12.7. The molecule has 1 aromatic heterocycles. The molecule has 4 nitrogen and oxygen atoms in total. The van der Waals surface area contributed by atoms with Crippen molar-refractivity contribution in [1.29, 1.82) is 0 Å². The number of hydrogen-bond donors (Lipinski definition) is 1. The standard InChI is InChI=1S/C16H23N3OS/c1-10-5-6-21-15(10)7-18-16(17-2)19-8-11-12(9-19)14-4-3-13(11)20-14/h5-6,11-14H,3-4,7-9H2,1-2H3,(H,17,18). The second-order valence-electron chi connectivity index (χ2n) is 6.45. The van der Waals surface area contributed by atoms with Crippen LogP contribution in [0.15, 0.2) is 16.4 Å². The Kier molecular flexibility index (Phi) is 3.42. The largest absolute Gasteiger partial charge is 0.374 e. The van der Waals surface area contributed by atoms with Crippen LogP contribution in [-0.2, 0) is 11.3 Å². The molecule has 3 saturated heterocycles. The molecule has 3 aliphatic rings. The molecule has 4 atom stereocenters. The maximum absolute atomic E-state index is 6.05. The third-order valence-electron chi connectivity index (χ3n) is 5.34. The van der Waals surface area contributed by atoms with E-state index in [1.165, 1.54) is 23.3 Å². The fraction of sp³-hybridized carbons (Fsp3) is 0.688. The number of aliphatic imine (C=N–C) groups is 1. The number of nitrogens with zero attached hydrogens (tertiary/aromatic N) is 2. The van der Waals surface area contributed by atoms with E-state index >= 15 is 0 Å². The summed E-state index contributed by atoms with van der Waals surface area (Å²) < 4.78 is 6.05. The average Bonchev–Trinajstić information content (AvgIpc) is 3.20. The van der Waals surface area contributed by atoms with Crippen molar-refractivity contribution in [2.45, 2.75) is 38.5 Å². The summed E-state index contributed by atoms with van der Waals surface area (Å²) in [5.74, 6) is 2.51. The van der Waals surface area contributed by atoms with E-state index in [1.54, 1.807) is 0 Å². The zero-order valence-corrected chi connectivity index (χ0v) is 13.5. The van der Waals surface area contributed by atoms with Crippen molar-refractivity contribution in [3.05, 3.63) is 21.9 Å². The second kappa shape index (κ2) is 5.29. The van der Waals surface area contributed by atoms with Crippen molar-refractivity contribution >= 4 is 17.3 Å². The molecule has 3 aliphatic heterocycles. The van der Waals surface area contributed by atoms with Gasteiger partial charge >= 0.3 is 0 Å². The number of likely N-dealkylation sites (tertiary alicyclic amines) is 1. The molecule has 0 aliphatic carbocycles. The van der Waals surface area contributed by atoms with E-state index in [0.29, 0.717) is 12.2 Å². The van der Waals surface area contributed by atoms with Gasteiger partial charge in [0.05, 0.1) is 18.8 Å². The van der Waals surface area contributed by atoms with Crippen molar-refractivity contribution in [3.63, 3.8) is 0 Å². The number of guanidine groups is 1. The quantitative estimate of drug-likeness (QED) is 0.672. The first-order chi connectivity index (χ1) is 10.3. The molecule has 4 rings (SSSR count). The Morgan fingerprint density at radius 1 is 1.38 bits per heavy atom. The van der Waals surface area contributed by atoms with Crippen LogP contribution in [-0.4, -0.2) is 43.2 Å². The molecular formula is C16H23N3OS. The number of rotatable bonds is 2. The molecule has 0 saturated carbocycles. The van der Waals surface area contributed by atoms with Gasteiger partial charge in [0.25, 0.3) is 0 Å². The molecule has 4 heterocycles. The third kappa shape index (κ3) is 2.27. The highest BCUT2D eigenvalue weighted by molar-refractivity contribution is 7.10. The highest BCUT2D eigenvalue weighted by atomic mass is 32.1. The molecular weight excluding hydrogens is 282 g/mol. The average molecular weight is 305 g/mol. The molecule has 1 N–H and O–H groups in total. The van der Waals surface area contributed by atoms with Crippen molar-refractivity contribution in [2.24, 2.45) is 16.8 Å². The summed E-state index contributed by atoms with van der Waals surface area (Å²) in [5, 5.41) is 5.70. The van der Waals surface area contributed by atoms with E-state index in [9.17, 15) is 0 Å². The van der Waals surface area contributed by atoms with Gasteiger partial charge in [0, 0.05) is 36.9 Å². The maximum Gasteiger partial charge on any atom is 0.193 e. The van der Waals surface area contributed by atoms with Gasteiger partial charge < -0.3 is 15.0 Å². The fourth-order valence-electron chi connectivity index (χ4n) is 4.21. The zero-order chi connectivity index (χ0) is 14.4. The van der Waals surface area contributed by atoms with Gasteiger partial charge in [-0.3, -0.25) is 4.99 Å². The first-order valence-corrected chi connectivity index (χ1v) is 8.78. The summed E-state index contributed by atoms with van der Waals surface area (Å²) in [7, 11) is 1.89. The maximum atomic E-state index is 6.05. The highest BCUT2D eigenvalue weighted by Gasteiger charge is 2.53. The predicted octanol–water partition coefficient (Wildman–Crippen LogP) is 2.24. The van der Waals surface area contributed by atoms with Crippen molar-refractivity contribution < 1.29 is 4.74 Å².